The van der Waals surface area contributed by atoms with E-state index in [1.54, 1.807) is 12.1 Å². The maximum atomic E-state index is 13.3. The minimum absolute atomic E-state index is 0.00905. The number of carbonyl (C=O) groups excluding carboxylic acids is 2. The number of ketones is 1. The molecular formula is C29H29ClN2O5. The van der Waals surface area contributed by atoms with Crippen LogP contribution in [0.15, 0.2) is 72.3 Å². The number of hydrogen-bond donors (Lipinski definition) is 1. The Hall–Kier alpha value is -3.97. The summed E-state index contributed by atoms with van der Waals surface area (Å²) in [7, 11) is 5.35. The van der Waals surface area contributed by atoms with Gasteiger partial charge < -0.3 is 24.4 Å². The van der Waals surface area contributed by atoms with Crippen molar-refractivity contribution in [2.45, 2.75) is 19.5 Å². The Kier molecular flexibility index (Phi) is 7.74. The average molecular weight is 521 g/mol. The van der Waals surface area contributed by atoms with Crippen LogP contribution in [0.5, 0.6) is 11.5 Å². The third kappa shape index (κ3) is 5.27. The zero-order valence-electron chi connectivity index (χ0n) is 21.2. The maximum absolute atomic E-state index is 13.3. The second-order valence-electron chi connectivity index (χ2n) is 8.84. The van der Waals surface area contributed by atoms with Gasteiger partial charge in [0.1, 0.15) is 17.3 Å². The lowest BCUT2D eigenvalue weighted by molar-refractivity contribution is -0.140. The third-order valence-electron chi connectivity index (χ3n) is 6.28. The molecule has 1 aliphatic rings. The van der Waals surface area contributed by atoms with Crippen LogP contribution in [0.1, 0.15) is 29.7 Å². The number of likely N-dealkylation sites (tertiary alicyclic amines) is 1. The molecule has 1 amide bonds. The van der Waals surface area contributed by atoms with Gasteiger partial charge in [-0.15, -0.1) is 0 Å². The van der Waals surface area contributed by atoms with Crippen molar-refractivity contribution in [3.63, 3.8) is 0 Å². The molecule has 37 heavy (non-hydrogen) atoms. The molecule has 3 aromatic carbocycles. The highest BCUT2D eigenvalue weighted by molar-refractivity contribution is 6.46. The number of carbonyl (C=O) groups is 2. The lowest BCUT2D eigenvalue weighted by Crippen LogP contribution is -2.29. The van der Waals surface area contributed by atoms with E-state index >= 15 is 0 Å². The van der Waals surface area contributed by atoms with Crippen molar-refractivity contribution in [2.24, 2.45) is 0 Å². The highest BCUT2D eigenvalue weighted by Gasteiger charge is 2.46. The number of nitrogens with zero attached hydrogens (tertiary/aromatic N) is 2. The fourth-order valence-corrected chi connectivity index (χ4v) is 4.63. The van der Waals surface area contributed by atoms with Gasteiger partial charge in [-0.2, -0.15) is 0 Å². The minimum Gasteiger partial charge on any atom is -0.507 e. The van der Waals surface area contributed by atoms with Crippen LogP contribution < -0.4 is 14.4 Å². The van der Waals surface area contributed by atoms with Crippen molar-refractivity contribution >= 4 is 34.7 Å². The number of Topliss-reactive ketones (excluding diaryl/α,β-unsaturated/α-hetero) is 1. The molecule has 1 unspecified atom stereocenters. The van der Waals surface area contributed by atoms with Gasteiger partial charge in [0.05, 0.1) is 30.4 Å². The standard InChI is InChI=1S/C29H29ClN2O5/c1-5-37-22-13-6-18(7-14-22)17-32-26(19-8-11-21(12-9-19)31(2)3)25(28(34)29(32)35)27(33)20-10-15-24(36-4)23(30)16-20/h6-16,26,33H,5,17H2,1-4H3/b27-25-. The van der Waals surface area contributed by atoms with Crippen molar-refractivity contribution in [3.8, 4) is 11.5 Å². The summed E-state index contributed by atoms with van der Waals surface area (Å²) in [5, 5.41) is 11.6. The molecule has 8 heteroatoms. The van der Waals surface area contributed by atoms with E-state index in [-0.39, 0.29) is 22.9 Å². The summed E-state index contributed by atoms with van der Waals surface area (Å²) >= 11 is 6.28. The first-order chi connectivity index (χ1) is 17.7. The number of aliphatic hydroxyl groups excluding tert-OH is 1. The van der Waals surface area contributed by atoms with E-state index < -0.39 is 17.7 Å². The van der Waals surface area contributed by atoms with Crippen molar-refractivity contribution in [1.29, 1.82) is 0 Å². The monoisotopic (exact) mass is 520 g/mol. The predicted octanol–water partition coefficient (Wildman–Crippen LogP) is 5.44. The second kappa shape index (κ2) is 11.0. The van der Waals surface area contributed by atoms with Gasteiger partial charge in [-0.3, -0.25) is 9.59 Å². The smallest absolute Gasteiger partial charge is 0.295 e. The number of benzene rings is 3. The first-order valence-electron chi connectivity index (χ1n) is 11.9. The normalized spacial score (nSPS) is 16.7. The van der Waals surface area contributed by atoms with E-state index in [0.717, 1.165) is 17.0 Å². The van der Waals surface area contributed by atoms with Gasteiger partial charge in [0, 0.05) is 31.9 Å². The molecule has 1 N–H and O–H groups in total. The van der Waals surface area contributed by atoms with E-state index in [4.69, 9.17) is 21.1 Å². The van der Waals surface area contributed by atoms with Crippen LogP contribution in [0.2, 0.25) is 5.02 Å². The number of rotatable bonds is 8. The number of ether oxygens (including phenoxy) is 2. The van der Waals surface area contributed by atoms with Crippen LogP contribution in [-0.4, -0.2) is 49.5 Å². The number of halogens is 1. The molecule has 192 valence electrons. The fourth-order valence-electron chi connectivity index (χ4n) is 4.37. The summed E-state index contributed by atoms with van der Waals surface area (Å²) in [5.74, 6) is -0.571. The Morgan fingerprint density at radius 2 is 1.70 bits per heavy atom. The van der Waals surface area contributed by atoms with Crippen LogP contribution in [0.25, 0.3) is 5.76 Å². The Morgan fingerprint density at radius 3 is 2.27 bits per heavy atom. The second-order valence-corrected chi connectivity index (χ2v) is 9.25. The van der Waals surface area contributed by atoms with Gasteiger partial charge in [-0.25, -0.2) is 0 Å². The molecule has 0 bridgehead atoms. The van der Waals surface area contributed by atoms with Crippen LogP contribution in [-0.2, 0) is 16.1 Å². The summed E-state index contributed by atoms with van der Waals surface area (Å²) in [5.41, 5.74) is 2.83. The summed E-state index contributed by atoms with van der Waals surface area (Å²) in [4.78, 5) is 30.1. The topological polar surface area (TPSA) is 79.3 Å². The van der Waals surface area contributed by atoms with Gasteiger partial charge in [0.25, 0.3) is 11.7 Å². The number of amides is 1. The molecule has 0 spiro atoms. The molecule has 1 fully saturated rings. The van der Waals surface area contributed by atoms with Crippen LogP contribution in [0.3, 0.4) is 0 Å². The maximum Gasteiger partial charge on any atom is 0.295 e. The van der Waals surface area contributed by atoms with Crippen molar-refractivity contribution in [1.82, 2.24) is 4.90 Å². The Morgan fingerprint density at radius 1 is 1.03 bits per heavy atom. The van der Waals surface area contributed by atoms with Gasteiger partial charge in [-0.1, -0.05) is 35.9 Å². The fraction of sp³-hybridized carbons (Fsp3) is 0.241. The third-order valence-corrected chi connectivity index (χ3v) is 6.57. The van der Waals surface area contributed by atoms with Crippen LogP contribution >= 0.6 is 11.6 Å². The largest absolute Gasteiger partial charge is 0.507 e. The Labute approximate surface area is 221 Å². The molecule has 4 rings (SSSR count). The van der Waals surface area contributed by atoms with Crippen LogP contribution in [0, 0.1) is 0 Å². The van der Waals surface area contributed by atoms with Gasteiger partial charge in [0.15, 0.2) is 0 Å². The zero-order valence-corrected chi connectivity index (χ0v) is 22.0. The molecule has 0 aromatic heterocycles. The summed E-state index contributed by atoms with van der Waals surface area (Å²) in [6.07, 6.45) is 0. The molecule has 1 aliphatic heterocycles. The molecular weight excluding hydrogens is 492 g/mol. The van der Waals surface area contributed by atoms with Gasteiger partial charge in [-0.05, 0) is 60.5 Å². The quantitative estimate of drug-likeness (QED) is 0.242. The molecule has 7 nitrogen and oxygen atoms in total. The van der Waals surface area contributed by atoms with E-state index in [1.165, 1.54) is 18.1 Å². The lowest BCUT2D eigenvalue weighted by Gasteiger charge is -2.26. The zero-order chi connectivity index (χ0) is 26.7. The highest BCUT2D eigenvalue weighted by atomic mass is 35.5. The molecule has 1 saturated heterocycles. The first kappa shape index (κ1) is 26.1. The summed E-state index contributed by atoms with van der Waals surface area (Å²) in [6, 6.07) is 18.9. The molecule has 1 atom stereocenters. The number of aliphatic hydroxyl groups is 1. The van der Waals surface area contributed by atoms with Crippen molar-refractivity contribution in [2.75, 3.05) is 32.7 Å². The van der Waals surface area contributed by atoms with E-state index in [2.05, 4.69) is 0 Å². The number of hydrogen-bond acceptors (Lipinski definition) is 6. The van der Waals surface area contributed by atoms with Gasteiger partial charge in [0.2, 0.25) is 0 Å². The van der Waals surface area contributed by atoms with Crippen molar-refractivity contribution in [3.05, 3.63) is 94.0 Å². The molecule has 3 aromatic rings. The van der Waals surface area contributed by atoms with Crippen molar-refractivity contribution < 1.29 is 24.2 Å². The van der Waals surface area contributed by atoms with E-state index in [9.17, 15) is 14.7 Å². The van der Waals surface area contributed by atoms with E-state index in [0.29, 0.717) is 23.5 Å². The number of anilines is 1. The average Bonchev–Trinajstić information content (AvgIpc) is 3.14. The Balaban J connectivity index is 1.81. The van der Waals surface area contributed by atoms with E-state index in [1.807, 2.05) is 74.4 Å². The SMILES string of the molecule is CCOc1ccc(CN2C(=O)C(=O)/C(=C(\O)c3ccc(OC)c(Cl)c3)C2c2ccc(N(C)C)cc2)cc1. The number of methoxy groups -OCH3 is 1. The van der Waals surface area contributed by atoms with Gasteiger partial charge >= 0.3 is 0 Å². The Bertz CT molecular complexity index is 1330. The lowest BCUT2D eigenvalue weighted by atomic mass is 9.95. The highest BCUT2D eigenvalue weighted by Crippen LogP contribution is 2.41. The molecule has 0 aliphatic carbocycles. The first-order valence-corrected chi connectivity index (χ1v) is 12.2. The predicted molar refractivity (Wildman–Crippen MR) is 144 cm³/mol. The summed E-state index contributed by atoms with van der Waals surface area (Å²) in [6.45, 7) is 2.63. The minimum atomic E-state index is -0.788. The molecule has 1 heterocycles. The summed E-state index contributed by atoms with van der Waals surface area (Å²) < 4.78 is 10.7. The molecule has 0 saturated carbocycles. The molecule has 0 radical (unpaired) electrons. The van der Waals surface area contributed by atoms with Crippen LogP contribution in [0.4, 0.5) is 5.69 Å².